The normalized spacial score (nSPS) is 10.3. The minimum atomic E-state index is 0.312. The Labute approximate surface area is 88.2 Å². The summed E-state index contributed by atoms with van der Waals surface area (Å²) in [5.41, 5.74) is 8.52. The number of rotatable bonds is 2. The zero-order chi connectivity index (χ0) is 10.7. The molecule has 0 unspecified atom stereocenters. The van der Waals surface area contributed by atoms with Crippen molar-refractivity contribution < 1.29 is 0 Å². The monoisotopic (exact) mass is 200 g/mol. The lowest BCUT2D eigenvalue weighted by Crippen LogP contribution is -2.04. The van der Waals surface area contributed by atoms with Gasteiger partial charge in [0, 0.05) is 5.56 Å². The van der Waals surface area contributed by atoms with Gasteiger partial charge in [-0.3, -0.25) is 0 Å². The number of aryl methyl sites for hydroxylation is 1. The molecule has 1 aromatic carbocycles. The lowest BCUT2D eigenvalue weighted by atomic mass is 10.1. The zero-order valence-electron chi connectivity index (χ0n) is 8.51. The van der Waals surface area contributed by atoms with Crippen LogP contribution in [-0.4, -0.2) is 15.2 Å². The Morgan fingerprint density at radius 3 is 2.60 bits per heavy atom. The smallest absolute Gasteiger partial charge is 0.165 e. The highest BCUT2D eigenvalue weighted by molar-refractivity contribution is 5.58. The van der Waals surface area contributed by atoms with E-state index in [1.807, 2.05) is 31.2 Å². The molecule has 15 heavy (non-hydrogen) atoms. The standard InChI is InChI=1S/C11H12N4/c1-8-2-4-9(5-3-8)10-7-13-15-11(6-12)14-10/h2-5,7H,6,12H2,1H3. The Morgan fingerprint density at radius 1 is 1.20 bits per heavy atom. The van der Waals surface area contributed by atoms with E-state index in [0.29, 0.717) is 12.4 Å². The molecule has 76 valence electrons. The molecule has 0 aliphatic rings. The summed E-state index contributed by atoms with van der Waals surface area (Å²) in [6.07, 6.45) is 1.64. The predicted molar refractivity (Wildman–Crippen MR) is 57.9 cm³/mol. The van der Waals surface area contributed by atoms with E-state index < -0.39 is 0 Å². The molecule has 0 bridgehead atoms. The van der Waals surface area contributed by atoms with Gasteiger partial charge in [0.2, 0.25) is 0 Å². The van der Waals surface area contributed by atoms with Crippen LogP contribution in [0.2, 0.25) is 0 Å². The Bertz CT molecular complexity index is 450. The fraction of sp³-hybridized carbons (Fsp3) is 0.182. The molecular formula is C11H12N4. The van der Waals surface area contributed by atoms with Crippen molar-refractivity contribution in [3.63, 3.8) is 0 Å². The quantitative estimate of drug-likeness (QED) is 0.793. The Hall–Kier alpha value is -1.81. The van der Waals surface area contributed by atoms with Gasteiger partial charge in [-0.15, -0.1) is 5.10 Å². The molecular weight excluding hydrogens is 188 g/mol. The summed E-state index contributed by atoms with van der Waals surface area (Å²) < 4.78 is 0. The van der Waals surface area contributed by atoms with Crippen LogP contribution in [0.4, 0.5) is 0 Å². The van der Waals surface area contributed by atoms with Crippen LogP contribution in [0.5, 0.6) is 0 Å². The molecule has 0 saturated heterocycles. The summed E-state index contributed by atoms with van der Waals surface area (Å²) in [6, 6.07) is 8.11. The van der Waals surface area contributed by atoms with Gasteiger partial charge in [0.05, 0.1) is 18.4 Å². The molecule has 2 N–H and O–H groups in total. The van der Waals surface area contributed by atoms with Gasteiger partial charge in [0.15, 0.2) is 5.82 Å². The van der Waals surface area contributed by atoms with Crippen molar-refractivity contribution in [2.24, 2.45) is 5.73 Å². The van der Waals surface area contributed by atoms with Crippen LogP contribution in [-0.2, 0) is 6.54 Å². The molecule has 0 saturated carbocycles. The van der Waals surface area contributed by atoms with Crippen LogP contribution >= 0.6 is 0 Å². The molecule has 1 aromatic heterocycles. The van der Waals surface area contributed by atoms with Gasteiger partial charge in [-0.1, -0.05) is 29.8 Å². The van der Waals surface area contributed by atoms with E-state index in [-0.39, 0.29) is 0 Å². The van der Waals surface area contributed by atoms with Crippen molar-refractivity contribution >= 4 is 0 Å². The topological polar surface area (TPSA) is 64.7 Å². The molecule has 1 heterocycles. The summed E-state index contributed by atoms with van der Waals surface area (Å²) in [4.78, 5) is 4.29. The first-order valence-electron chi connectivity index (χ1n) is 4.75. The number of hydrogen-bond acceptors (Lipinski definition) is 4. The van der Waals surface area contributed by atoms with E-state index in [1.165, 1.54) is 5.56 Å². The molecule has 2 rings (SSSR count). The minimum Gasteiger partial charge on any atom is -0.324 e. The Morgan fingerprint density at radius 2 is 1.93 bits per heavy atom. The number of hydrogen-bond donors (Lipinski definition) is 1. The van der Waals surface area contributed by atoms with Gasteiger partial charge in [0.1, 0.15) is 0 Å². The van der Waals surface area contributed by atoms with Gasteiger partial charge in [-0.2, -0.15) is 5.10 Å². The van der Waals surface area contributed by atoms with Gasteiger partial charge in [0.25, 0.3) is 0 Å². The first-order valence-corrected chi connectivity index (χ1v) is 4.75. The van der Waals surface area contributed by atoms with E-state index in [9.17, 15) is 0 Å². The van der Waals surface area contributed by atoms with Crippen LogP contribution in [0.3, 0.4) is 0 Å². The third kappa shape index (κ3) is 2.16. The van der Waals surface area contributed by atoms with Gasteiger partial charge in [-0.05, 0) is 6.92 Å². The van der Waals surface area contributed by atoms with Crippen LogP contribution in [0.15, 0.2) is 30.5 Å². The molecule has 4 heteroatoms. The second-order valence-corrected chi connectivity index (χ2v) is 3.33. The minimum absolute atomic E-state index is 0.312. The third-order valence-corrected chi connectivity index (χ3v) is 2.13. The van der Waals surface area contributed by atoms with Crippen molar-refractivity contribution in [3.8, 4) is 11.3 Å². The molecule has 0 aliphatic heterocycles. The second-order valence-electron chi connectivity index (χ2n) is 3.33. The lowest BCUT2D eigenvalue weighted by molar-refractivity contribution is 0.834. The maximum atomic E-state index is 5.46. The summed E-state index contributed by atoms with van der Waals surface area (Å²) in [5, 5.41) is 7.68. The lowest BCUT2D eigenvalue weighted by Gasteiger charge is -2.01. The second kappa shape index (κ2) is 4.14. The average molecular weight is 200 g/mol. The van der Waals surface area contributed by atoms with Crippen molar-refractivity contribution in [1.82, 2.24) is 15.2 Å². The highest BCUT2D eigenvalue weighted by Gasteiger charge is 2.01. The molecule has 0 spiro atoms. The van der Waals surface area contributed by atoms with Crippen molar-refractivity contribution in [1.29, 1.82) is 0 Å². The largest absolute Gasteiger partial charge is 0.324 e. The number of nitrogens with two attached hydrogens (primary N) is 1. The summed E-state index contributed by atoms with van der Waals surface area (Å²) in [7, 11) is 0. The Balaban J connectivity index is 2.40. The number of aromatic nitrogens is 3. The van der Waals surface area contributed by atoms with Crippen molar-refractivity contribution in [2.45, 2.75) is 13.5 Å². The van der Waals surface area contributed by atoms with Crippen LogP contribution in [0.1, 0.15) is 11.4 Å². The van der Waals surface area contributed by atoms with E-state index in [0.717, 1.165) is 11.3 Å². The van der Waals surface area contributed by atoms with Crippen LogP contribution < -0.4 is 5.73 Å². The van der Waals surface area contributed by atoms with E-state index in [4.69, 9.17) is 5.73 Å². The maximum absolute atomic E-state index is 5.46. The average Bonchev–Trinajstić information content (AvgIpc) is 2.30. The van der Waals surface area contributed by atoms with Gasteiger partial charge < -0.3 is 5.73 Å². The first-order chi connectivity index (χ1) is 7.29. The SMILES string of the molecule is Cc1ccc(-c2cnnc(CN)n2)cc1. The summed E-state index contributed by atoms with van der Waals surface area (Å²) in [6.45, 7) is 2.36. The number of benzene rings is 1. The summed E-state index contributed by atoms with van der Waals surface area (Å²) >= 11 is 0. The molecule has 0 atom stereocenters. The van der Waals surface area contributed by atoms with Crippen LogP contribution in [0, 0.1) is 6.92 Å². The van der Waals surface area contributed by atoms with Gasteiger partial charge >= 0.3 is 0 Å². The number of nitrogens with zero attached hydrogens (tertiary/aromatic N) is 3. The van der Waals surface area contributed by atoms with Crippen molar-refractivity contribution in [3.05, 3.63) is 41.9 Å². The predicted octanol–water partition coefficient (Wildman–Crippen LogP) is 1.31. The molecule has 0 amide bonds. The molecule has 0 aliphatic carbocycles. The molecule has 0 radical (unpaired) electrons. The van der Waals surface area contributed by atoms with E-state index in [2.05, 4.69) is 15.2 Å². The molecule has 4 nitrogen and oxygen atoms in total. The summed E-state index contributed by atoms with van der Waals surface area (Å²) in [5.74, 6) is 0.563. The van der Waals surface area contributed by atoms with E-state index in [1.54, 1.807) is 6.20 Å². The van der Waals surface area contributed by atoms with Crippen molar-refractivity contribution in [2.75, 3.05) is 0 Å². The maximum Gasteiger partial charge on any atom is 0.165 e. The van der Waals surface area contributed by atoms with Crippen LogP contribution in [0.25, 0.3) is 11.3 Å². The first kappa shape index (κ1) is 9.73. The molecule has 2 aromatic rings. The fourth-order valence-corrected chi connectivity index (χ4v) is 1.29. The third-order valence-electron chi connectivity index (χ3n) is 2.13. The molecule has 0 fully saturated rings. The highest BCUT2D eigenvalue weighted by Crippen LogP contribution is 2.15. The Kier molecular flexibility index (Phi) is 2.69. The zero-order valence-corrected chi connectivity index (χ0v) is 8.51. The highest BCUT2D eigenvalue weighted by atomic mass is 15.1. The van der Waals surface area contributed by atoms with Gasteiger partial charge in [-0.25, -0.2) is 4.98 Å². The fourth-order valence-electron chi connectivity index (χ4n) is 1.29. The van der Waals surface area contributed by atoms with E-state index >= 15 is 0 Å².